The van der Waals surface area contributed by atoms with E-state index in [4.69, 9.17) is 10.9 Å². The van der Waals surface area contributed by atoms with Crippen LogP contribution in [-0.2, 0) is 0 Å². The van der Waals surface area contributed by atoms with Crippen molar-refractivity contribution in [2.75, 3.05) is 19.7 Å². The van der Waals surface area contributed by atoms with E-state index in [1.807, 2.05) is 0 Å². The molecule has 0 amide bonds. The van der Waals surface area contributed by atoms with Crippen LogP contribution in [0.15, 0.2) is 5.16 Å². The van der Waals surface area contributed by atoms with Crippen LogP contribution in [0.1, 0.15) is 44.9 Å². The van der Waals surface area contributed by atoms with Crippen molar-refractivity contribution < 1.29 is 10.3 Å². The van der Waals surface area contributed by atoms with Gasteiger partial charge in [0.25, 0.3) is 0 Å². The molecule has 1 fully saturated rings. The molecule has 100 valence electrons. The summed E-state index contributed by atoms with van der Waals surface area (Å²) in [4.78, 5) is 0. The van der Waals surface area contributed by atoms with Crippen LogP contribution in [0.4, 0.5) is 0 Å². The van der Waals surface area contributed by atoms with Gasteiger partial charge < -0.3 is 21.4 Å². The lowest BCUT2D eigenvalue weighted by atomic mass is 9.74. The lowest BCUT2D eigenvalue weighted by molar-refractivity contribution is 0.0815. The first-order valence-corrected chi connectivity index (χ1v) is 6.50. The predicted molar refractivity (Wildman–Crippen MR) is 68.1 cm³/mol. The molecule has 17 heavy (non-hydrogen) atoms. The fourth-order valence-electron chi connectivity index (χ4n) is 2.49. The van der Waals surface area contributed by atoms with Gasteiger partial charge in [-0.1, -0.05) is 24.4 Å². The highest BCUT2D eigenvalue weighted by Gasteiger charge is 2.30. The Bertz CT molecular complexity index is 238. The average molecular weight is 243 g/mol. The van der Waals surface area contributed by atoms with Crippen LogP contribution in [0.25, 0.3) is 0 Å². The van der Waals surface area contributed by atoms with Gasteiger partial charge in [0.2, 0.25) is 0 Å². The second-order valence-corrected chi connectivity index (χ2v) is 5.09. The summed E-state index contributed by atoms with van der Waals surface area (Å²) < 4.78 is 0. The van der Waals surface area contributed by atoms with Gasteiger partial charge in [-0.2, -0.15) is 0 Å². The molecule has 1 rings (SSSR count). The Balaban J connectivity index is 2.15. The zero-order valence-corrected chi connectivity index (χ0v) is 10.5. The number of nitrogens with two attached hydrogens (primary N) is 1. The van der Waals surface area contributed by atoms with Crippen molar-refractivity contribution in [2.24, 2.45) is 16.3 Å². The monoisotopic (exact) mass is 243 g/mol. The summed E-state index contributed by atoms with van der Waals surface area (Å²) in [5, 5.41) is 24.2. The van der Waals surface area contributed by atoms with E-state index >= 15 is 0 Å². The Morgan fingerprint density at radius 3 is 2.59 bits per heavy atom. The van der Waals surface area contributed by atoms with Crippen molar-refractivity contribution in [3.8, 4) is 0 Å². The third-order valence-corrected chi connectivity index (χ3v) is 3.66. The van der Waals surface area contributed by atoms with Crippen LogP contribution in [0.5, 0.6) is 0 Å². The summed E-state index contributed by atoms with van der Waals surface area (Å²) in [5.41, 5.74) is 5.47. The Morgan fingerprint density at radius 2 is 2.00 bits per heavy atom. The summed E-state index contributed by atoms with van der Waals surface area (Å²) >= 11 is 0. The molecule has 0 aliphatic heterocycles. The number of oxime groups is 1. The van der Waals surface area contributed by atoms with Gasteiger partial charge in [0, 0.05) is 25.0 Å². The molecular weight excluding hydrogens is 218 g/mol. The highest BCUT2D eigenvalue weighted by atomic mass is 16.4. The van der Waals surface area contributed by atoms with Crippen LogP contribution in [0.2, 0.25) is 0 Å². The molecule has 0 aromatic heterocycles. The van der Waals surface area contributed by atoms with Gasteiger partial charge in [-0.15, -0.1) is 0 Å². The van der Waals surface area contributed by atoms with Crippen LogP contribution in [-0.4, -0.2) is 35.8 Å². The van der Waals surface area contributed by atoms with Crippen LogP contribution < -0.4 is 11.1 Å². The highest BCUT2D eigenvalue weighted by Crippen LogP contribution is 2.35. The fraction of sp³-hybridized carbons (Fsp3) is 0.917. The average Bonchev–Trinajstić information content (AvgIpc) is 2.39. The van der Waals surface area contributed by atoms with Gasteiger partial charge in [0.15, 0.2) is 0 Å². The van der Waals surface area contributed by atoms with E-state index in [9.17, 15) is 5.11 Å². The maximum Gasteiger partial charge on any atom is 0.139 e. The van der Waals surface area contributed by atoms with E-state index in [1.165, 1.54) is 19.3 Å². The summed E-state index contributed by atoms with van der Waals surface area (Å²) in [7, 11) is 0. The predicted octanol–water partition coefficient (Wildman–Crippen LogP) is 1.05. The maximum absolute atomic E-state index is 9.51. The molecule has 1 aliphatic rings. The molecule has 5 nitrogen and oxygen atoms in total. The van der Waals surface area contributed by atoms with Crippen molar-refractivity contribution in [1.82, 2.24) is 5.32 Å². The number of nitrogens with zero attached hydrogens (tertiary/aromatic N) is 1. The molecule has 0 radical (unpaired) electrons. The van der Waals surface area contributed by atoms with E-state index in [2.05, 4.69) is 10.5 Å². The summed E-state index contributed by atoms with van der Waals surface area (Å²) in [6.45, 7) is 2.00. The zero-order chi connectivity index (χ0) is 12.6. The highest BCUT2D eigenvalue weighted by molar-refractivity contribution is 5.79. The summed E-state index contributed by atoms with van der Waals surface area (Å²) in [5.74, 6) is 0.279. The van der Waals surface area contributed by atoms with Crippen molar-refractivity contribution in [3.05, 3.63) is 0 Å². The first-order valence-electron chi connectivity index (χ1n) is 6.50. The molecule has 0 unspecified atom stereocenters. The van der Waals surface area contributed by atoms with Gasteiger partial charge in [-0.25, -0.2) is 0 Å². The molecule has 0 aromatic carbocycles. The van der Waals surface area contributed by atoms with Crippen molar-refractivity contribution in [2.45, 2.75) is 44.9 Å². The third-order valence-electron chi connectivity index (χ3n) is 3.66. The maximum atomic E-state index is 9.51. The van der Waals surface area contributed by atoms with Gasteiger partial charge >= 0.3 is 0 Å². The van der Waals surface area contributed by atoms with Gasteiger partial charge in [-0.05, 0) is 25.8 Å². The minimum atomic E-state index is 0.0921. The molecule has 0 bridgehead atoms. The number of hydrogen-bond acceptors (Lipinski definition) is 4. The molecule has 0 saturated heterocycles. The fourth-order valence-corrected chi connectivity index (χ4v) is 2.49. The Hall–Kier alpha value is -0.810. The van der Waals surface area contributed by atoms with Gasteiger partial charge in [0.05, 0.1) is 0 Å². The molecule has 0 atom stereocenters. The largest absolute Gasteiger partial charge is 0.409 e. The molecule has 0 heterocycles. The minimum absolute atomic E-state index is 0.0921. The molecule has 5 N–H and O–H groups in total. The second kappa shape index (κ2) is 7.50. The number of aliphatic hydroxyl groups excluding tert-OH is 1. The molecule has 5 heteroatoms. The van der Waals surface area contributed by atoms with E-state index in [1.54, 1.807) is 0 Å². The quantitative estimate of drug-likeness (QED) is 0.177. The van der Waals surface area contributed by atoms with Gasteiger partial charge in [0.1, 0.15) is 5.84 Å². The number of aliphatic hydroxyl groups is 1. The normalized spacial score (nSPS) is 20.4. The van der Waals surface area contributed by atoms with E-state index in [0.29, 0.717) is 6.42 Å². The lowest BCUT2D eigenvalue weighted by Gasteiger charge is -2.35. The van der Waals surface area contributed by atoms with E-state index < -0.39 is 0 Å². The Kier molecular flexibility index (Phi) is 6.29. The molecule has 1 aliphatic carbocycles. The molecule has 1 saturated carbocycles. The lowest BCUT2D eigenvalue weighted by Crippen LogP contribution is -2.39. The first-order chi connectivity index (χ1) is 8.22. The van der Waals surface area contributed by atoms with Crippen LogP contribution >= 0.6 is 0 Å². The van der Waals surface area contributed by atoms with E-state index in [0.717, 1.165) is 32.4 Å². The van der Waals surface area contributed by atoms with Crippen molar-refractivity contribution >= 4 is 5.84 Å². The SMILES string of the molecule is NC(CCCNCC1(CO)CCCCC1)=NO. The van der Waals surface area contributed by atoms with Crippen molar-refractivity contribution in [3.63, 3.8) is 0 Å². The smallest absolute Gasteiger partial charge is 0.139 e. The molecule has 0 spiro atoms. The zero-order valence-electron chi connectivity index (χ0n) is 10.5. The summed E-state index contributed by atoms with van der Waals surface area (Å²) in [6, 6.07) is 0. The topological polar surface area (TPSA) is 90.9 Å². The molecule has 0 aromatic rings. The van der Waals surface area contributed by atoms with Gasteiger partial charge in [-0.3, -0.25) is 0 Å². The second-order valence-electron chi connectivity index (χ2n) is 5.09. The number of hydrogen-bond donors (Lipinski definition) is 4. The number of amidine groups is 1. The Morgan fingerprint density at radius 1 is 1.29 bits per heavy atom. The number of rotatable bonds is 7. The first kappa shape index (κ1) is 14.3. The molecular formula is C12H25N3O2. The third kappa shape index (κ3) is 4.91. The van der Waals surface area contributed by atoms with Crippen LogP contribution in [0.3, 0.4) is 0 Å². The number of nitrogens with one attached hydrogen (secondary N) is 1. The Labute approximate surface area is 103 Å². The van der Waals surface area contributed by atoms with E-state index in [-0.39, 0.29) is 17.9 Å². The standard InChI is InChI=1S/C12H25N3O2/c13-11(15-17)5-4-8-14-9-12(10-16)6-2-1-3-7-12/h14,16-17H,1-10H2,(H2,13,15). The summed E-state index contributed by atoms with van der Waals surface area (Å²) in [6.07, 6.45) is 7.46. The van der Waals surface area contributed by atoms with Crippen molar-refractivity contribution in [1.29, 1.82) is 0 Å². The minimum Gasteiger partial charge on any atom is -0.409 e. The van der Waals surface area contributed by atoms with Crippen LogP contribution in [0, 0.1) is 5.41 Å².